The average molecular weight is 1110 g/mol. The fraction of sp³-hybridized carbons (Fsp3) is 0.917. The highest BCUT2D eigenvalue weighted by molar-refractivity contribution is 7.80. The summed E-state index contributed by atoms with van der Waals surface area (Å²) < 4.78 is 94.1. The Morgan fingerprint density at radius 1 is 0.608 bits per heavy atom. The van der Waals surface area contributed by atoms with E-state index in [0.717, 1.165) is 71.2 Å². The molecule has 2 aliphatic heterocycles. The highest BCUT2D eigenvalue weighted by Gasteiger charge is 2.20. The van der Waals surface area contributed by atoms with Gasteiger partial charge in [-0.1, -0.05) is 31.3 Å². The molecule has 2 fully saturated rings. The standard InChI is InChI=1S/C11H23BO4.C11H25NO4.C11H22O4.C6H10O.C5H12O3.C4H8O.H3NO4S.H2O/c2*1-14-6-7-15-8-9-16-10-11(13)4-2-3-5-12;1-3-4-5-11(12)10-15-9-8-14-7-6-13-2;1-2-3-4-6-5-7-6;1-7-4-5-8-3-2-6;1-2-4-5-3-1;1-5-6(2,3)4;/h11,13H,2-10H2,1H3;11,13H,2-10,12H2,1H3;3,11-12H,1,4-10H2,2H3;2,6H,1,3-5H2;6H,2-5H2,1H3;1-4H2;1H2,(H,2,3,4);1H2. The maximum Gasteiger partial charge on any atom is 0.413 e. The zero-order chi connectivity index (χ0) is 55.6. The molecule has 0 amide bonds. The maximum absolute atomic E-state index is 9.49. The van der Waals surface area contributed by atoms with Crippen molar-refractivity contribution in [2.45, 2.75) is 108 Å². The van der Waals surface area contributed by atoms with Crippen molar-refractivity contribution in [2.75, 3.05) is 180 Å². The molecular formula is C48H105BN2O22S. The number of nitrogens with two attached hydrogens (primary N) is 2. The molecular weight excluding hydrogens is 999 g/mol. The lowest BCUT2D eigenvalue weighted by atomic mass is 9.98. The van der Waals surface area contributed by atoms with Crippen molar-refractivity contribution in [1.82, 2.24) is 0 Å². The lowest BCUT2D eigenvalue weighted by Gasteiger charge is -2.11. The molecule has 0 bridgehead atoms. The van der Waals surface area contributed by atoms with Gasteiger partial charge < -0.3 is 93.2 Å². The van der Waals surface area contributed by atoms with E-state index in [9.17, 15) is 23.7 Å². The lowest BCUT2D eigenvalue weighted by molar-refractivity contribution is -0.00763. The largest absolute Gasteiger partial charge is 0.413 e. The Morgan fingerprint density at radius 2 is 0.959 bits per heavy atom. The summed E-state index contributed by atoms with van der Waals surface area (Å²) in [5.41, 5.74) is 5.35. The molecule has 24 nitrogen and oxygen atoms in total. The van der Waals surface area contributed by atoms with E-state index >= 15 is 0 Å². The third-order valence-corrected chi connectivity index (χ3v) is 8.98. The van der Waals surface area contributed by atoms with Gasteiger partial charge in [0, 0.05) is 41.7 Å². The molecule has 2 saturated heterocycles. The minimum absolute atomic E-state index is 0. The number of epoxide rings is 1. The number of rotatable bonds is 44. The van der Waals surface area contributed by atoms with Crippen molar-refractivity contribution in [1.29, 1.82) is 0 Å². The predicted molar refractivity (Wildman–Crippen MR) is 285 cm³/mol. The number of aliphatic hydroxyl groups is 4. The van der Waals surface area contributed by atoms with Gasteiger partial charge in [-0.2, -0.15) is 18.6 Å². The molecule has 4 unspecified atom stereocenters. The first-order valence-corrected chi connectivity index (χ1v) is 26.5. The van der Waals surface area contributed by atoms with E-state index < -0.39 is 16.5 Å². The second-order valence-corrected chi connectivity index (χ2v) is 16.5. The van der Waals surface area contributed by atoms with Crippen LogP contribution in [-0.2, 0) is 76.3 Å². The molecule has 0 aromatic heterocycles. The van der Waals surface area contributed by atoms with E-state index in [1.807, 2.05) is 6.08 Å². The number of methoxy groups -OCH3 is 4. The van der Waals surface area contributed by atoms with Crippen LogP contribution in [0.3, 0.4) is 0 Å². The molecule has 448 valence electrons. The van der Waals surface area contributed by atoms with Crippen molar-refractivity contribution in [3.63, 3.8) is 0 Å². The van der Waals surface area contributed by atoms with E-state index in [1.54, 1.807) is 34.5 Å². The number of hydrogen-bond acceptors (Lipinski definition) is 22. The Balaban J connectivity index is -0.000000189. The van der Waals surface area contributed by atoms with Crippen LogP contribution in [0.15, 0.2) is 25.3 Å². The smallest absolute Gasteiger partial charge is 0.412 e. The van der Waals surface area contributed by atoms with Crippen LogP contribution >= 0.6 is 0 Å². The molecule has 2 rings (SSSR count). The molecule has 4 atom stereocenters. The van der Waals surface area contributed by atoms with Gasteiger partial charge >= 0.3 is 10.4 Å². The average Bonchev–Trinajstić information content (AvgIpc) is 4.01. The van der Waals surface area contributed by atoms with Crippen molar-refractivity contribution in [3.05, 3.63) is 25.3 Å². The van der Waals surface area contributed by atoms with Crippen molar-refractivity contribution < 1.29 is 105 Å². The first kappa shape index (κ1) is 83.9. The molecule has 26 heteroatoms. The molecule has 0 saturated carbocycles. The summed E-state index contributed by atoms with van der Waals surface area (Å²) in [6, 6.07) is 0. The molecule has 2 radical (unpaired) electrons. The van der Waals surface area contributed by atoms with Gasteiger partial charge in [-0.05, 0) is 70.8 Å². The first-order valence-electron chi connectivity index (χ1n) is 25.2. The Morgan fingerprint density at radius 3 is 1.26 bits per heavy atom. The van der Waals surface area contributed by atoms with E-state index in [2.05, 4.69) is 28.1 Å². The van der Waals surface area contributed by atoms with Crippen molar-refractivity contribution in [3.8, 4) is 0 Å². The third-order valence-electron chi connectivity index (χ3n) is 8.74. The van der Waals surface area contributed by atoms with Gasteiger partial charge in [-0.25, -0.2) is 0 Å². The normalized spacial score (nSPS) is 14.3. The fourth-order valence-corrected chi connectivity index (χ4v) is 4.71. The summed E-state index contributed by atoms with van der Waals surface area (Å²) in [7, 11) is 7.49. The van der Waals surface area contributed by atoms with Crippen LogP contribution in [0.25, 0.3) is 0 Å². The Hall–Kier alpha value is -1.39. The van der Waals surface area contributed by atoms with E-state index in [0.29, 0.717) is 144 Å². The molecule has 0 aromatic carbocycles. The first-order chi connectivity index (χ1) is 35.3. The summed E-state index contributed by atoms with van der Waals surface area (Å²) in [4.78, 5) is 0. The summed E-state index contributed by atoms with van der Waals surface area (Å²) in [5, 5.41) is 36.6. The van der Waals surface area contributed by atoms with Crippen LogP contribution in [0, 0.1) is 0 Å². The maximum atomic E-state index is 9.49. The summed E-state index contributed by atoms with van der Waals surface area (Å²) >= 11 is 0. The van der Waals surface area contributed by atoms with E-state index in [-0.39, 0.29) is 24.3 Å². The summed E-state index contributed by atoms with van der Waals surface area (Å²) in [5.74, 6) is 3.97. The Kier molecular flexibility index (Phi) is 86.0. The summed E-state index contributed by atoms with van der Waals surface area (Å²) in [6.45, 7) is 20.3. The van der Waals surface area contributed by atoms with E-state index in [4.69, 9.17) is 80.1 Å². The quantitative estimate of drug-likeness (QED) is 0.0114. The highest BCUT2D eigenvalue weighted by atomic mass is 32.3. The van der Waals surface area contributed by atoms with Crippen LogP contribution in [-0.4, -0.2) is 251 Å². The number of aliphatic hydroxyl groups excluding tert-OH is 4. The van der Waals surface area contributed by atoms with Crippen LogP contribution in [0.1, 0.15) is 77.0 Å². The molecule has 74 heavy (non-hydrogen) atoms. The van der Waals surface area contributed by atoms with Crippen LogP contribution < -0.4 is 11.6 Å². The van der Waals surface area contributed by atoms with Gasteiger partial charge in [0.2, 0.25) is 0 Å². The van der Waals surface area contributed by atoms with Gasteiger partial charge in [0.05, 0.1) is 164 Å². The second kappa shape index (κ2) is 75.9. The number of allylic oxidation sites excluding steroid dienone is 2. The van der Waals surface area contributed by atoms with Gasteiger partial charge in [-0.3, -0.25) is 4.55 Å². The third kappa shape index (κ3) is 96.3. The lowest BCUT2D eigenvalue weighted by Crippen LogP contribution is -2.18. The zero-order valence-corrected chi connectivity index (χ0v) is 46.6. The van der Waals surface area contributed by atoms with Crippen LogP contribution in [0.2, 0.25) is 6.32 Å². The number of unbranched alkanes of at least 4 members (excludes halogenated alkanes) is 2. The fourth-order valence-electron chi connectivity index (χ4n) is 4.71. The minimum atomic E-state index is -4.38. The van der Waals surface area contributed by atoms with Gasteiger partial charge in [0.25, 0.3) is 0 Å². The van der Waals surface area contributed by atoms with Crippen molar-refractivity contribution >= 4 is 18.2 Å². The monoisotopic (exact) mass is 1100 g/mol. The second-order valence-electron chi connectivity index (χ2n) is 15.4. The molecule has 0 aromatic rings. The van der Waals surface area contributed by atoms with Crippen LogP contribution in [0.5, 0.6) is 0 Å². The zero-order valence-electron chi connectivity index (χ0n) is 45.7. The van der Waals surface area contributed by atoms with Gasteiger partial charge in [0.15, 0.2) is 0 Å². The van der Waals surface area contributed by atoms with Gasteiger partial charge in [-0.15, -0.1) is 13.2 Å². The molecule has 0 spiro atoms. The minimum Gasteiger partial charge on any atom is -0.412 e. The predicted octanol–water partition coefficient (Wildman–Crippen LogP) is 1.58. The number of hydrogen-bond donors (Lipinski definition) is 7. The molecule has 2 heterocycles. The molecule has 0 aliphatic carbocycles. The molecule has 2 aliphatic rings. The summed E-state index contributed by atoms with van der Waals surface area (Å²) in [6.07, 6.45) is 15.5. The van der Waals surface area contributed by atoms with E-state index in [1.165, 1.54) is 19.3 Å². The highest BCUT2D eigenvalue weighted by Crippen LogP contribution is 2.14. The topological polar surface area (TPSA) is 351 Å². The Labute approximate surface area is 446 Å². The Bertz CT molecular complexity index is 1070. The van der Waals surface area contributed by atoms with Crippen molar-refractivity contribution in [2.24, 2.45) is 11.6 Å². The van der Waals surface area contributed by atoms with Gasteiger partial charge in [0.1, 0.15) is 0 Å². The molecule has 11 N–H and O–H groups in total. The SMILES string of the molecule is C1CCOC1.C=CCCC(O)COCCOCCOC.C=CCCC1CO1.COCCOCCO.COCCOCCOCC(O)CCCCN.NOS(=O)(=O)O.O.[B]CCCCC(O)COCCOCCOC. The van der Waals surface area contributed by atoms with Crippen LogP contribution in [0.4, 0.5) is 0 Å². The number of ether oxygens (including phenoxy) is 13.